The van der Waals surface area contributed by atoms with Crippen LogP contribution in [0.5, 0.6) is 0 Å². The Bertz CT molecular complexity index is 441. The van der Waals surface area contributed by atoms with Crippen LogP contribution in [0.4, 0.5) is 0 Å². The van der Waals surface area contributed by atoms with Crippen molar-refractivity contribution in [1.82, 2.24) is 20.4 Å². The number of aromatic nitrogens is 2. The Morgan fingerprint density at radius 2 is 2.42 bits per heavy atom. The SMILES string of the molecule is CCC1CCCNC1CNC(=O)c1cn(C)nc1C. The highest BCUT2D eigenvalue weighted by molar-refractivity contribution is 5.95. The molecule has 1 aliphatic rings. The van der Waals surface area contributed by atoms with E-state index in [0.717, 1.165) is 12.2 Å². The molecule has 0 aliphatic carbocycles. The molecule has 5 heteroatoms. The molecule has 0 radical (unpaired) electrons. The van der Waals surface area contributed by atoms with Gasteiger partial charge in [0.1, 0.15) is 0 Å². The molecule has 19 heavy (non-hydrogen) atoms. The predicted molar refractivity (Wildman–Crippen MR) is 75.1 cm³/mol. The van der Waals surface area contributed by atoms with Gasteiger partial charge in [0.2, 0.25) is 0 Å². The lowest BCUT2D eigenvalue weighted by molar-refractivity contribution is 0.0941. The summed E-state index contributed by atoms with van der Waals surface area (Å²) in [6, 6.07) is 0.402. The second kappa shape index (κ2) is 6.19. The van der Waals surface area contributed by atoms with Crippen LogP contribution in [0.1, 0.15) is 42.2 Å². The van der Waals surface area contributed by atoms with E-state index in [1.807, 2.05) is 14.0 Å². The number of rotatable bonds is 4. The Labute approximate surface area is 114 Å². The first kappa shape index (κ1) is 14.1. The van der Waals surface area contributed by atoms with E-state index >= 15 is 0 Å². The van der Waals surface area contributed by atoms with Crippen molar-refractivity contribution in [2.45, 2.75) is 39.2 Å². The number of nitrogens with zero attached hydrogens (tertiary/aromatic N) is 2. The molecule has 0 bridgehead atoms. The van der Waals surface area contributed by atoms with Crippen LogP contribution in [0.25, 0.3) is 0 Å². The van der Waals surface area contributed by atoms with Crippen LogP contribution in [0, 0.1) is 12.8 Å². The minimum absolute atomic E-state index is 0.0205. The van der Waals surface area contributed by atoms with Crippen molar-refractivity contribution in [3.8, 4) is 0 Å². The Hall–Kier alpha value is -1.36. The van der Waals surface area contributed by atoms with Crippen LogP contribution in [-0.4, -0.2) is 34.8 Å². The third-order valence-electron chi connectivity index (χ3n) is 3.99. The van der Waals surface area contributed by atoms with E-state index in [4.69, 9.17) is 0 Å². The monoisotopic (exact) mass is 264 g/mol. The minimum Gasteiger partial charge on any atom is -0.350 e. The molecule has 2 unspecified atom stereocenters. The molecule has 1 saturated heterocycles. The van der Waals surface area contributed by atoms with Gasteiger partial charge in [-0.2, -0.15) is 5.10 Å². The third kappa shape index (κ3) is 3.35. The van der Waals surface area contributed by atoms with Crippen molar-refractivity contribution >= 4 is 5.91 Å². The van der Waals surface area contributed by atoms with E-state index in [1.165, 1.54) is 19.3 Å². The normalized spacial score (nSPS) is 23.3. The number of piperidine rings is 1. The summed E-state index contributed by atoms with van der Waals surface area (Å²) in [6.07, 6.45) is 5.44. The Morgan fingerprint density at radius 1 is 1.63 bits per heavy atom. The summed E-state index contributed by atoms with van der Waals surface area (Å²) in [4.78, 5) is 12.1. The predicted octanol–water partition coefficient (Wildman–Crippen LogP) is 1.24. The molecule has 2 heterocycles. The fourth-order valence-electron chi connectivity index (χ4n) is 2.87. The van der Waals surface area contributed by atoms with Gasteiger partial charge in [0.05, 0.1) is 11.3 Å². The zero-order chi connectivity index (χ0) is 13.8. The topological polar surface area (TPSA) is 58.9 Å². The highest BCUT2D eigenvalue weighted by atomic mass is 16.1. The Balaban J connectivity index is 1.91. The van der Waals surface area contributed by atoms with Gasteiger partial charge in [0.15, 0.2) is 0 Å². The number of hydrogen-bond acceptors (Lipinski definition) is 3. The maximum absolute atomic E-state index is 12.1. The molecule has 2 N–H and O–H groups in total. The van der Waals surface area contributed by atoms with Crippen molar-refractivity contribution in [3.05, 3.63) is 17.5 Å². The maximum Gasteiger partial charge on any atom is 0.254 e. The van der Waals surface area contributed by atoms with E-state index in [1.54, 1.807) is 10.9 Å². The summed E-state index contributed by atoms with van der Waals surface area (Å²) < 4.78 is 1.68. The van der Waals surface area contributed by atoms with E-state index in [0.29, 0.717) is 24.1 Å². The van der Waals surface area contributed by atoms with E-state index < -0.39 is 0 Å². The van der Waals surface area contributed by atoms with Gasteiger partial charge >= 0.3 is 0 Å². The number of amides is 1. The molecule has 1 amide bonds. The van der Waals surface area contributed by atoms with Gasteiger partial charge in [-0.15, -0.1) is 0 Å². The first-order valence-electron chi connectivity index (χ1n) is 7.13. The van der Waals surface area contributed by atoms with Crippen LogP contribution >= 0.6 is 0 Å². The molecular weight excluding hydrogens is 240 g/mol. The largest absolute Gasteiger partial charge is 0.350 e. The Morgan fingerprint density at radius 3 is 3.05 bits per heavy atom. The lowest BCUT2D eigenvalue weighted by atomic mass is 9.88. The van der Waals surface area contributed by atoms with Crippen molar-refractivity contribution in [3.63, 3.8) is 0 Å². The molecule has 1 fully saturated rings. The van der Waals surface area contributed by atoms with Gasteiger partial charge in [0.25, 0.3) is 5.91 Å². The zero-order valence-corrected chi connectivity index (χ0v) is 12.1. The number of carbonyl (C=O) groups excluding carboxylic acids is 1. The molecule has 1 aromatic rings. The van der Waals surface area contributed by atoms with Crippen LogP contribution in [0.15, 0.2) is 6.20 Å². The molecule has 0 spiro atoms. The molecule has 2 atom stereocenters. The highest BCUT2D eigenvalue weighted by Gasteiger charge is 2.24. The van der Waals surface area contributed by atoms with Gasteiger partial charge in [0, 0.05) is 25.8 Å². The smallest absolute Gasteiger partial charge is 0.254 e. The lowest BCUT2D eigenvalue weighted by Gasteiger charge is -2.32. The lowest BCUT2D eigenvalue weighted by Crippen LogP contribution is -2.48. The fourth-order valence-corrected chi connectivity index (χ4v) is 2.87. The van der Waals surface area contributed by atoms with E-state index in [9.17, 15) is 4.79 Å². The molecule has 1 aromatic heterocycles. The maximum atomic E-state index is 12.1. The molecule has 106 valence electrons. The van der Waals surface area contributed by atoms with Crippen molar-refractivity contribution in [2.24, 2.45) is 13.0 Å². The molecule has 1 aliphatic heterocycles. The quantitative estimate of drug-likeness (QED) is 0.860. The second-order valence-electron chi connectivity index (χ2n) is 5.38. The summed E-state index contributed by atoms with van der Waals surface area (Å²) in [5, 5.41) is 10.7. The van der Waals surface area contributed by atoms with Crippen LogP contribution < -0.4 is 10.6 Å². The number of carbonyl (C=O) groups is 1. The average Bonchev–Trinajstić information content (AvgIpc) is 2.75. The van der Waals surface area contributed by atoms with Gasteiger partial charge in [-0.1, -0.05) is 13.3 Å². The van der Waals surface area contributed by atoms with Crippen molar-refractivity contribution < 1.29 is 4.79 Å². The minimum atomic E-state index is -0.0205. The summed E-state index contributed by atoms with van der Waals surface area (Å²) >= 11 is 0. The standard InChI is InChI=1S/C14H24N4O/c1-4-11-6-5-7-15-13(11)8-16-14(19)12-9-18(3)17-10(12)2/h9,11,13,15H,4-8H2,1-3H3,(H,16,19). The van der Waals surface area contributed by atoms with Gasteiger partial charge in [-0.05, 0) is 32.2 Å². The van der Waals surface area contributed by atoms with Crippen molar-refractivity contribution in [1.29, 1.82) is 0 Å². The summed E-state index contributed by atoms with van der Waals surface area (Å²) in [5.74, 6) is 0.650. The average molecular weight is 264 g/mol. The first-order valence-corrected chi connectivity index (χ1v) is 7.13. The van der Waals surface area contributed by atoms with Crippen molar-refractivity contribution in [2.75, 3.05) is 13.1 Å². The van der Waals surface area contributed by atoms with Gasteiger partial charge in [-0.25, -0.2) is 0 Å². The third-order valence-corrected chi connectivity index (χ3v) is 3.99. The van der Waals surface area contributed by atoms with E-state index in [-0.39, 0.29) is 5.91 Å². The number of aryl methyl sites for hydroxylation is 2. The molecule has 0 aromatic carbocycles. The van der Waals surface area contributed by atoms with Gasteiger partial charge in [-0.3, -0.25) is 9.48 Å². The summed E-state index contributed by atoms with van der Waals surface area (Å²) in [7, 11) is 1.83. The van der Waals surface area contributed by atoms with E-state index in [2.05, 4.69) is 22.7 Å². The van der Waals surface area contributed by atoms with Crippen LogP contribution in [0.3, 0.4) is 0 Å². The number of hydrogen-bond donors (Lipinski definition) is 2. The summed E-state index contributed by atoms with van der Waals surface area (Å²) in [6.45, 7) is 5.84. The fraction of sp³-hybridized carbons (Fsp3) is 0.714. The van der Waals surface area contributed by atoms with Crippen LogP contribution in [-0.2, 0) is 7.05 Å². The highest BCUT2D eigenvalue weighted by Crippen LogP contribution is 2.19. The molecular formula is C14H24N4O. The molecule has 5 nitrogen and oxygen atoms in total. The molecule has 2 rings (SSSR count). The number of nitrogens with one attached hydrogen (secondary N) is 2. The second-order valence-corrected chi connectivity index (χ2v) is 5.38. The van der Waals surface area contributed by atoms with Crippen LogP contribution in [0.2, 0.25) is 0 Å². The molecule has 0 saturated carbocycles. The first-order chi connectivity index (χ1) is 9.11. The Kier molecular flexibility index (Phi) is 4.58. The zero-order valence-electron chi connectivity index (χ0n) is 12.1. The summed E-state index contributed by atoms with van der Waals surface area (Å²) in [5.41, 5.74) is 1.45. The van der Waals surface area contributed by atoms with Gasteiger partial charge < -0.3 is 10.6 Å².